The molecule has 0 saturated carbocycles. The van der Waals surface area contributed by atoms with Gasteiger partial charge in [-0.05, 0) is 12.1 Å². The Kier molecular flexibility index (Phi) is 4.72. The van der Waals surface area contributed by atoms with Crippen LogP contribution in [-0.2, 0) is 16.9 Å². The zero-order valence-corrected chi connectivity index (χ0v) is 14.8. The predicted octanol–water partition coefficient (Wildman–Crippen LogP) is 1.84. The third kappa shape index (κ3) is 4.04. The third-order valence-corrected chi connectivity index (χ3v) is 4.48. The van der Waals surface area contributed by atoms with Crippen molar-refractivity contribution < 1.29 is 17.2 Å². The first-order valence-corrected chi connectivity index (χ1v) is 9.62. The van der Waals surface area contributed by atoms with Crippen LogP contribution in [-0.4, -0.2) is 46.7 Å². The van der Waals surface area contributed by atoms with Gasteiger partial charge in [0.05, 0.1) is 17.3 Å². The summed E-state index contributed by atoms with van der Waals surface area (Å²) in [4.78, 5) is 8.59. The molecule has 0 atom stereocenters. The summed E-state index contributed by atoms with van der Waals surface area (Å²) in [6.45, 7) is 0.157. The van der Waals surface area contributed by atoms with Crippen LogP contribution in [0, 0.1) is 11.6 Å². The van der Waals surface area contributed by atoms with Gasteiger partial charge in [0.15, 0.2) is 17.3 Å². The average molecular weight is 382 g/mol. The van der Waals surface area contributed by atoms with E-state index >= 15 is 0 Å². The van der Waals surface area contributed by atoms with Crippen LogP contribution < -0.4 is 10.6 Å². The molecule has 0 fully saturated rings. The van der Waals surface area contributed by atoms with Gasteiger partial charge >= 0.3 is 0 Å². The second kappa shape index (κ2) is 6.83. The van der Waals surface area contributed by atoms with Crippen LogP contribution in [0.4, 0.5) is 26.2 Å². The lowest BCUT2D eigenvalue weighted by atomic mass is 10.3. The van der Waals surface area contributed by atoms with Crippen molar-refractivity contribution in [1.29, 1.82) is 0 Å². The van der Waals surface area contributed by atoms with Gasteiger partial charge in [-0.1, -0.05) is 0 Å². The number of nitrogens with zero attached hydrogens (tertiary/aromatic N) is 4. The normalized spacial score (nSPS) is 11.7. The minimum atomic E-state index is -3.13. The first-order chi connectivity index (χ1) is 12.2. The van der Waals surface area contributed by atoms with Gasteiger partial charge in [-0.2, -0.15) is 15.1 Å². The van der Waals surface area contributed by atoms with E-state index in [2.05, 4.69) is 25.7 Å². The molecule has 3 aromatic rings. The van der Waals surface area contributed by atoms with E-state index in [0.29, 0.717) is 16.9 Å². The molecule has 11 heteroatoms. The van der Waals surface area contributed by atoms with Crippen molar-refractivity contribution in [1.82, 2.24) is 19.7 Å². The lowest BCUT2D eigenvalue weighted by Crippen LogP contribution is -2.15. The molecule has 2 heterocycles. The average Bonchev–Trinajstić information content (AvgIpc) is 2.91. The van der Waals surface area contributed by atoms with Gasteiger partial charge in [-0.15, -0.1) is 0 Å². The molecule has 3 rings (SSSR count). The van der Waals surface area contributed by atoms with Gasteiger partial charge < -0.3 is 10.6 Å². The zero-order valence-electron chi connectivity index (χ0n) is 14.0. The van der Waals surface area contributed by atoms with Gasteiger partial charge in [0.2, 0.25) is 5.95 Å². The maximum absolute atomic E-state index is 13.4. The van der Waals surface area contributed by atoms with E-state index in [-0.39, 0.29) is 23.9 Å². The summed E-state index contributed by atoms with van der Waals surface area (Å²) in [6.07, 6.45) is 2.70. The number of halogens is 2. The maximum Gasteiger partial charge on any atom is 0.231 e. The highest BCUT2D eigenvalue weighted by atomic mass is 32.2. The second-order valence-electron chi connectivity index (χ2n) is 5.71. The molecule has 0 aliphatic heterocycles. The van der Waals surface area contributed by atoms with Crippen LogP contribution in [0.2, 0.25) is 0 Å². The Labute approximate surface area is 148 Å². The Hall–Kier alpha value is -2.82. The number of hydrogen-bond acceptors (Lipinski definition) is 7. The molecular formula is C15H16F2N6O2S. The monoisotopic (exact) mass is 382 g/mol. The largest absolute Gasteiger partial charge is 0.368 e. The first kappa shape index (κ1) is 18.0. The van der Waals surface area contributed by atoms with Crippen molar-refractivity contribution in [3.63, 3.8) is 0 Å². The van der Waals surface area contributed by atoms with Gasteiger partial charge in [0.1, 0.15) is 15.7 Å². The van der Waals surface area contributed by atoms with Gasteiger partial charge in [0, 0.05) is 31.6 Å². The number of anilines is 3. The number of hydrogen-bond donors (Lipinski definition) is 2. The molecule has 2 aromatic heterocycles. The Morgan fingerprint density at radius 2 is 1.96 bits per heavy atom. The number of rotatable bonds is 6. The molecule has 0 spiro atoms. The molecule has 1 aromatic carbocycles. The number of benzene rings is 1. The Morgan fingerprint density at radius 3 is 2.65 bits per heavy atom. The van der Waals surface area contributed by atoms with E-state index in [9.17, 15) is 17.2 Å². The van der Waals surface area contributed by atoms with Crippen LogP contribution in [0.25, 0.3) is 11.0 Å². The molecule has 8 nitrogen and oxygen atoms in total. The molecule has 0 aliphatic carbocycles. The molecule has 0 amide bonds. The molecule has 2 N–H and O–H groups in total. The van der Waals surface area contributed by atoms with Crippen LogP contribution >= 0.6 is 0 Å². The molecule has 0 bridgehead atoms. The SMILES string of the molecule is Cn1ncc2c(NCCS(C)(=O)=O)nc(Nc3ccc(F)c(F)c3)nc21. The van der Waals surface area contributed by atoms with E-state index in [1.54, 1.807) is 13.2 Å². The van der Waals surface area contributed by atoms with Gasteiger partial charge in [-0.3, -0.25) is 4.68 Å². The zero-order chi connectivity index (χ0) is 18.9. The topological polar surface area (TPSA) is 102 Å². The van der Waals surface area contributed by atoms with Crippen LogP contribution in [0.3, 0.4) is 0 Å². The summed E-state index contributed by atoms with van der Waals surface area (Å²) in [5, 5.41) is 10.5. The number of aryl methyl sites for hydroxylation is 1. The highest BCUT2D eigenvalue weighted by Crippen LogP contribution is 2.23. The third-order valence-electron chi connectivity index (χ3n) is 3.53. The molecule has 0 unspecified atom stereocenters. The molecule has 0 aliphatic rings. The maximum atomic E-state index is 13.4. The number of fused-ring (bicyclic) bond motifs is 1. The summed E-state index contributed by atoms with van der Waals surface area (Å²) in [7, 11) is -1.44. The highest BCUT2D eigenvalue weighted by molar-refractivity contribution is 7.90. The molecular weight excluding hydrogens is 366 g/mol. The minimum absolute atomic E-state index is 0.0648. The first-order valence-electron chi connectivity index (χ1n) is 7.56. The fourth-order valence-corrected chi connectivity index (χ4v) is 2.74. The summed E-state index contributed by atoms with van der Waals surface area (Å²) >= 11 is 0. The smallest absolute Gasteiger partial charge is 0.231 e. The summed E-state index contributed by atoms with van der Waals surface area (Å²) in [5.74, 6) is -1.50. The van der Waals surface area contributed by atoms with E-state index < -0.39 is 21.5 Å². The quantitative estimate of drug-likeness (QED) is 0.671. The number of nitrogens with one attached hydrogen (secondary N) is 2. The van der Waals surface area contributed by atoms with E-state index in [0.717, 1.165) is 18.4 Å². The summed E-state index contributed by atoms with van der Waals surface area (Å²) in [5.41, 5.74) is 0.763. The Balaban J connectivity index is 1.92. The summed E-state index contributed by atoms with van der Waals surface area (Å²) in [6, 6.07) is 3.33. The van der Waals surface area contributed by atoms with E-state index in [1.165, 1.54) is 10.7 Å². The van der Waals surface area contributed by atoms with Crippen molar-refractivity contribution in [2.24, 2.45) is 7.05 Å². The van der Waals surface area contributed by atoms with Gasteiger partial charge in [0.25, 0.3) is 0 Å². The fourth-order valence-electron chi connectivity index (χ4n) is 2.27. The van der Waals surface area contributed by atoms with E-state index in [4.69, 9.17) is 0 Å². The van der Waals surface area contributed by atoms with Crippen molar-refractivity contribution in [3.05, 3.63) is 36.0 Å². The lowest BCUT2D eigenvalue weighted by Gasteiger charge is -2.10. The van der Waals surface area contributed by atoms with Crippen molar-refractivity contribution in [3.8, 4) is 0 Å². The molecule has 26 heavy (non-hydrogen) atoms. The van der Waals surface area contributed by atoms with Crippen LogP contribution in [0.15, 0.2) is 24.4 Å². The molecule has 138 valence electrons. The second-order valence-corrected chi connectivity index (χ2v) is 7.97. The minimum Gasteiger partial charge on any atom is -0.368 e. The van der Waals surface area contributed by atoms with Crippen LogP contribution in [0.1, 0.15) is 0 Å². The number of aromatic nitrogens is 4. The van der Waals surface area contributed by atoms with Gasteiger partial charge in [-0.25, -0.2) is 17.2 Å². The predicted molar refractivity (Wildman–Crippen MR) is 94.1 cm³/mol. The number of sulfone groups is 1. The fraction of sp³-hybridized carbons (Fsp3) is 0.267. The highest BCUT2D eigenvalue weighted by Gasteiger charge is 2.13. The van der Waals surface area contributed by atoms with E-state index in [1.807, 2.05) is 0 Å². The summed E-state index contributed by atoms with van der Waals surface area (Å²) < 4.78 is 50.5. The Bertz CT molecular complexity index is 1070. The molecule has 0 radical (unpaired) electrons. The standard InChI is InChI=1S/C15H16F2N6O2S/c1-23-14-10(8-19-23)13(18-5-6-26(2,24)25)21-15(22-14)20-9-3-4-11(16)12(17)7-9/h3-4,7-8H,5-6H2,1-2H3,(H2,18,20,21,22). The van der Waals surface area contributed by atoms with Crippen molar-refractivity contribution in [2.75, 3.05) is 29.2 Å². The Morgan fingerprint density at radius 1 is 1.19 bits per heavy atom. The molecule has 0 saturated heterocycles. The van der Waals surface area contributed by atoms with Crippen molar-refractivity contribution >= 4 is 38.3 Å². The van der Waals surface area contributed by atoms with Crippen molar-refractivity contribution in [2.45, 2.75) is 0 Å². The van der Waals surface area contributed by atoms with Crippen LogP contribution in [0.5, 0.6) is 0 Å². The lowest BCUT2D eigenvalue weighted by molar-refractivity contribution is 0.509.